The van der Waals surface area contributed by atoms with Gasteiger partial charge >= 0.3 is 0 Å². The van der Waals surface area contributed by atoms with E-state index in [2.05, 4.69) is 4.98 Å². The molecular weight excluding hydrogens is 318 g/mol. The first-order valence-electron chi connectivity index (χ1n) is 8.48. The van der Waals surface area contributed by atoms with Gasteiger partial charge in [-0.05, 0) is 42.9 Å². The molecule has 0 saturated carbocycles. The van der Waals surface area contributed by atoms with Crippen molar-refractivity contribution in [3.63, 3.8) is 0 Å². The molecule has 25 heavy (non-hydrogen) atoms. The molecule has 0 saturated heterocycles. The van der Waals surface area contributed by atoms with Crippen molar-refractivity contribution in [3.05, 3.63) is 69.5 Å². The molecule has 0 bridgehead atoms. The zero-order valence-corrected chi connectivity index (χ0v) is 14.2. The summed E-state index contributed by atoms with van der Waals surface area (Å²) in [6.07, 6.45) is 5.13. The van der Waals surface area contributed by atoms with Crippen LogP contribution >= 0.6 is 0 Å². The van der Waals surface area contributed by atoms with Crippen LogP contribution in [0.1, 0.15) is 35.6 Å². The SMILES string of the molecule is CN(CCc1cccc([N+](=O)[O-])c1)C(=O)[C@H]1CCCc2cccnc21. The van der Waals surface area contributed by atoms with Crippen molar-refractivity contribution >= 4 is 11.6 Å². The maximum absolute atomic E-state index is 12.8. The molecule has 1 aromatic carbocycles. The van der Waals surface area contributed by atoms with Gasteiger partial charge in [-0.25, -0.2) is 0 Å². The van der Waals surface area contributed by atoms with Crippen LogP contribution in [0.3, 0.4) is 0 Å². The minimum absolute atomic E-state index is 0.0741. The summed E-state index contributed by atoms with van der Waals surface area (Å²) in [6.45, 7) is 0.526. The number of nitro benzene ring substituents is 1. The molecule has 1 heterocycles. The second-order valence-electron chi connectivity index (χ2n) is 6.43. The number of rotatable bonds is 5. The van der Waals surface area contributed by atoms with E-state index in [1.54, 1.807) is 30.3 Å². The van der Waals surface area contributed by atoms with E-state index in [0.29, 0.717) is 13.0 Å². The fraction of sp³-hybridized carbons (Fsp3) is 0.368. The van der Waals surface area contributed by atoms with Gasteiger partial charge in [-0.3, -0.25) is 19.9 Å². The predicted octanol–water partition coefficient (Wildman–Crippen LogP) is 3.11. The standard InChI is InChI=1S/C19H21N3O3/c1-21(12-10-14-5-2-8-16(13-14)22(24)25)19(23)17-9-3-6-15-7-4-11-20-18(15)17/h2,4-5,7-8,11,13,17H,3,6,9-10,12H2,1H3/t17-/m0/s1. The van der Waals surface area contributed by atoms with Crippen molar-refractivity contribution < 1.29 is 9.72 Å². The second-order valence-corrected chi connectivity index (χ2v) is 6.43. The van der Waals surface area contributed by atoms with Gasteiger partial charge in [-0.15, -0.1) is 0 Å². The van der Waals surface area contributed by atoms with Crippen molar-refractivity contribution in [1.82, 2.24) is 9.88 Å². The Hall–Kier alpha value is -2.76. The number of aromatic nitrogens is 1. The summed E-state index contributed by atoms with van der Waals surface area (Å²) >= 11 is 0. The van der Waals surface area contributed by atoms with Crippen molar-refractivity contribution in [3.8, 4) is 0 Å². The van der Waals surface area contributed by atoms with Crippen LogP contribution in [0.15, 0.2) is 42.6 Å². The van der Waals surface area contributed by atoms with E-state index in [4.69, 9.17) is 0 Å². The monoisotopic (exact) mass is 339 g/mol. The maximum Gasteiger partial charge on any atom is 0.269 e. The molecule has 130 valence electrons. The number of hydrogen-bond acceptors (Lipinski definition) is 4. The lowest BCUT2D eigenvalue weighted by Crippen LogP contribution is -2.35. The molecule has 1 aliphatic carbocycles. The van der Waals surface area contributed by atoms with Crippen molar-refractivity contribution in [2.45, 2.75) is 31.6 Å². The van der Waals surface area contributed by atoms with Crippen LogP contribution in [0.2, 0.25) is 0 Å². The maximum atomic E-state index is 12.8. The van der Waals surface area contributed by atoms with Crippen LogP contribution < -0.4 is 0 Å². The largest absolute Gasteiger partial charge is 0.345 e. The molecule has 0 spiro atoms. The molecule has 0 fully saturated rings. The number of aryl methyl sites for hydroxylation is 1. The van der Waals surface area contributed by atoms with Crippen LogP contribution in [-0.2, 0) is 17.6 Å². The Kier molecular flexibility index (Phi) is 5.07. The number of fused-ring (bicyclic) bond motifs is 1. The highest BCUT2D eigenvalue weighted by Gasteiger charge is 2.29. The highest BCUT2D eigenvalue weighted by atomic mass is 16.6. The van der Waals surface area contributed by atoms with E-state index in [1.807, 2.05) is 18.2 Å². The van der Waals surface area contributed by atoms with Crippen LogP contribution in [0.4, 0.5) is 5.69 Å². The number of nitro groups is 1. The van der Waals surface area contributed by atoms with E-state index < -0.39 is 4.92 Å². The topological polar surface area (TPSA) is 76.3 Å². The van der Waals surface area contributed by atoms with Gasteiger partial charge in [0, 0.05) is 31.9 Å². The van der Waals surface area contributed by atoms with Gasteiger partial charge < -0.3 is 4.90 Å². The first-order valence-corrected chi connectivity index (χ1v) is 8.48. The number of pyridine rings is 1. The van der Waals surface area contributed by atoms with Gasteiger partial charge in [0.2, 0.25) is 5.91 Å². The lowest BCUT2D eigenvalue weighted by molar-refractivity contribution is -0.384. The van der Waals surface area contributed by atoms with Gasteiger partial charge in [-0.2, -0.15) is 0 Å². The summed E-state index contributed by atoms with van der Waals surface area (Å²) in [5.41, 5.74) is 3.01. The lowest BCUT2D eigenvalue weighted by atomic mass is 9.85. The molecule has 0 unspecified atom stereocenters. The molecule has 0 radical (unpaired) electrons. The number of nitrogens with zero attached hydrogens (tertiary/aromatic N) is 3. The van der Waals surface area contributed by atoms with E-state index in [1.165, 1.54) is 11.6 Å². The van der Waals surface area contributed by atoms with Crippen LogP contribution in [0.5, 0.6) is 0 Å². The van der Waals surface area contributed by atoms with Crippen LogP contribution in [0, 0.1) is 10.1 Å². The van der Waals surface area contributed by atoms with Crippen LogP contribution in [-0.4, -0.2) is 34.3 Å². The zero-order valence-electron chi connectivity index (χ0n) is 14.2. The number of carbonyl (C=O) groups excluding carboxylic acids is 1. The molecule has 6 nitrogen and oxygen atoms in total. The average molecular weight is 339 g/mol. The smallest absolute Gasteiger partial charge is 0.269 e. The molecule has 6 heteroatoms. The molecule has 0 aliphatic heterocycles. The first-order chi connectivity index (χ1) is 12.1. The summed E-state index contributed by atoms with van der Waals surface area (Å²) in [4.78, 5) is 29.4. The highest BCUT2D eigenvalue weighted by Crippen LogP contribution is 2.31. The Bertz CT molecular complexity index is 791. The molecule has 1 amide bonds. The lowest BCUT2D eigenvalue weighted by Gasteiger charge is -2.27. The summed E-state index contributed by atoms with van der Waals surface area (Å²) < 4.78 is 0. The van der Waals surface area contributed by atoms with E-state index in [9.17, 15) is 14.9 Å². The minimum Gasteiger partial charge on any atom is -0.345 e. The number of non-ortho nitro benzene ring substituents is 1. The first kappa shape index (κ1) is 17.1. The third-order valence-electron chi connectivity index (χ3n) is 4.73. The summed E-state index contributed by atoms with van der Waals surface area (Å²) in [6, 6.07) is 10.5. The predicted molar refractivity (Wildman–Crippen MR) is 94.4 cm³/mol. The zero-order chi connectivity index (χ0) is 17.8. The summed E-state index contributed by atoms with van der Waals surface area (Å²) in [5, 5.41) is 10.9. The van der Waals surface area contributed by atoms with Crippen molar-refractivity contribution in [2.24, 2.45) is 0 Å². The summed E-state index contributed by atoms with van der Waals surface area (Å²) in [7, 11) is 1.79. The van der Waals surface area contributed by atoms with Gasteiger partial charge in [0.05, 0.1) is 16.5 Å². The molecule has 2 aromatic rings. The Morgan fingerprint density at radius 2 is 2.20 bits per heavy atom. The molecule has 3 rings (SSSR count). The van der Waals surface area contributed by atoms with E-state index in [-0.39, 0.29) is 17.5 Å². The minimum atomic E-state index is -0.400. The molecule has 1 atom stereocenters. The Balaban J connectivity index is 1.66. The number of amides is 1. The third-order valence-corrected chi connectivity index (χ3v) is 4.73. The van der Waals surface area contributed by atoms with E-state index in [0.717, 1.165) is 30.5 Å². The molecule has 1 aromatic heterocycles. The quantitative estimate of drug-likeness (QED) is 0.619. The number of carbonyl (C=O) groups is 1. The van der Waals surface area contributed by atoms with Crippen molar-refractivity contribution in [2.75, 3.05) is 13.6 Å². The Morgan fingerprint density at radius 1 is 1.36 bits per heavy atom. The number of benzene rings is 1. The van der Waals surface area contributed by atoms with Gasteiger partial charge in [-0.1, -0.05) is 18.2 Å². The second kappa shape index (κ2) is 7.42. The average Bonchev–Trinajstić information content (AvgIpc) is 2.65. The van der Waals surface area contributed by atoms with Gasteiger partial charge in [0.1, 0.15) is 0 Å². The fourth-order valence-electron chi connectivity index (χ4n) is 3.35. The highest BCUT2D eigenvalue weighted by molar-refractivity contribution is 5.83. The summed E-state index contributed by atoms with van der Waals surface area (Å²) in [5.74, 6) is -0.106. The molecular formula is C19H21N3O3. The number of likely N-dealkylation sites (N-methyl/N-ethyl adjacent to an activating group) is 1. The fourth-order valence-corrected chi connectivity index (χ4v) is 3.35. The molecule has 1 aliphatic rings. The van der Waals surface area contributed by atoms with E-state index >= 15 is 0 Å². The number of hydrogen-bond donors (Lipinski definition) is 0. The molecule has 0 N–H and O–H groups in total. The van der Waals surface area contributed by atoms with Crippen molar-refractivity contribution in [1.29, 1.82) is 0 Å². The van der Waals surface area contributed by atoms with Crippen LogP contribution in [0.25, 0.3) is 0 Å². The van der Waals surface area contributed by atoms with Gasteiger partial charge in [0.25, 0.3) is 5.69 Å². The van der Waals surface area contributed by atoms with Gasteiger partial charge in [0.15, 0.2) is 0 Å². The Labute approximate surface area is 146 Å². The Morgan fingerprint density at radius 3 is 3.00 bits per heavy atom. The normalized spacial score (nSPS) is 16.1. The third kappa shape index (κ3) is 3.84.